The van der Waals surface area contributed by atoms with E-state index in [4.69, 9.17) is 0 Å². The largest absolute Gasteiger partial charge is 0.310 e. The number of rotatable bonds is 9. The molecule has 0 amide bonds. The standard InChI is InChI=1S/C54H37N3S2/c1-6-18-38(19-7-1)55(39-20-8-2-9-21-39)43-31-34-50-47(36-43)45-32-30-44(37-52(45)59-50)57(42-26-14-5-15-27-42)54-48(33-35-51-53(54)46-28-16-17-29-49(46)58-51)56(40-22-10-3-11-23-40)41-24-12-4-13-25-41/h1-37H. The summed E-state index contributed by atoms with van der Waals surface area (Å²) in [6.07, 6.45) is 0. The Morgan fingerprint density at radius 3 is 1.29 bits per heavy atom. The number of hydrogen-bond acceptors (Lipinski definition) is 5. The van der Waals surface area contributed by atoms with Crippen LogP contribution in [0.15, 0.2) is 224 Å². The first-order chi connectivity index (χ1) is 29.3. The van der Waals surface area contributed by atoms with E-state index in [9.17, 15) is 0 Å². The molecule has 3 nitrogen and oxygen atoms in total. The molecule has 0 atom stereocenters. The van der Waals surface area contributed by atoms with Gasteiger partial charge >= 0.3 is 0 Å². The lowest BCUT2D eigenvalue weighted by atomic mass is 10.0. The number of benzene rings is 9. The molecule has 0 aliphatic rings. The molecule has 0 spiro atoms. The number of hydrogen-bond donors (Lipinski definition) is 0. The van der Waals surface area contributed by atoms with Crippen molar-refractivity contribution >= 4 is 114 Å². The summed E-state index contributed by atoms with van der Waals surface area (Å²) in [5, 5.41) is 5.00. The molecule has 0 saturated carbocycles. The average molecular weight is 792 g/mol. The maximum atomic E-state index is 2.48. The minimum atomic E-state index is 1.10. The van der Waals surface area contributed by atoms with Crippen LogP contribution in [0.1, 0.15) is 0 Å². The molecule has 280 valence electrons. The fraction of sp³-hybridized carbons (Fsp3) is 0. The lowest BCUT2D eigenvalue weighted by molar-refractivity contribution is 1.24. The molecule has 0 bridgehead atoms. The summed E-state index contributed by atoms with van der Waals surface area (Å²) in [5.41, 5.74) is 10.0. The van der Waals surface area contributed by atoms with Gasteiger partial charge in [-0.15, -0.1) is 22.7 Å². The van der Waals surface area contributed by atoms with Gasteiger partial charge in [0, 0.05) is 80.2 Å². The van der Waals surface area contributed by atoms with Gasteiger partial charge in [-0.25, -0.2) is 0 Å². The highest BCUT2D eigenvalue weighted by molar-refractivity contribution is 7.26. The van der Waals surface area contributed by atoms with E-state index in [0.717, 1.165) is 51.2 Å². The van der Waals surface area contributed by atoms with Crippen molar-refractivity contribution in [3.63, 3.8) is 0 Å². The fourth-order valence-corrected chi connectivity index (χ4v) is 10.6. The molecule has 0 fully saturated rings. The van der Waals surface area contributed by atoms with E-state index >= 15 is 0 Å². The van der Waals surface area contributed by atoms with Crippen molar-refractivity contribution in [3.05, 3.63) is 224 Å². The number of thiophene rings is 2. The van der Waals surface area contributed by atoms with Gasteiger partial charge in [0.25, 0.3) is 0 Å². The van der Waals surface area contributed by atoms with E-state index in [1.807, 2.05) is 22.7 Å². The first-order valence-corrected chi connectivity index (χ1v) is 21.5. The van der Waals surface area contributed by atoms with Crippen LogP contribution in [0.25, 0.3) is 40.3 Å². The molecule has 11 rings (SSSR count). The van der Waals surface area contributed by atoms with Crippen molar-refractivity contribution in [2.45, 2.75) is 0 Å². The SMILES string of the molecule is c1ccc(N(c2ccccc2)c2ccc3sc4cc(N(c5ccccc5)c5c(N(c6ccccc6)c6ccccc6)ccc6sc7ccccc7c56)ccc4c3c2)cc1. The third kappa shape index (κ3) is 6.29. The number of anilines is 9. The molecule has 11 aromatic rings. The van der Waals surface area contributed by atoms with Gasteiger partial charge in [-0.05, 0) is 109 Å². The summed E-state index contributed by atoms with van der Waals surface area (Å²) in [7, 11) is 0. The van der Waals surface area contributed by atoms with Crippen LogP contribution in [-0.4, -0.2) is 0 Å². The van der Waals surface area contributed by atoms with Gasteiger partial charge in [-0.3, -0.25) is 0 Å². The normalized spacial score (nSPS) is 11.4. The van der Waals surface area contributed by atoms with E-state index in [0.29, 0.717) is 0 Å². The Labute approximate surface area is 351 Å². The Hall–Kier alpha value is -7.18. The molecule has 2 aromatic heterocycles. The zero-order chi connectivity index (χ0) is 39.1. The Balaban J connectivity index is 1.15. The molecule has 5 heteroatoms. The van der Waals surface area contributed by atoms with Crippen LogP contribution in [0.3, 0.4) is 0 Å². The third-order valence-electron chi connectivity index (χ3n) is 11.0. The van der Waals surface area contributed by atoms with Gasteiger partial charge in [0.15, 0.2) is 0 Å². The number of para-hydroxylation sites is 5. The summed E-state index contributed by atoms with van der Waals surface area (Å²) >= 11 is 3.71. The van der Waals surface area contributed by atoms with Crippen LogP contribution in [0.4, 0.5) is 51.2 Å². The van der Waals surface area contributed by atoms with Gasteiger partial charge in [0.2, 0.25) is 0 Å². The zero-order valence-corrected chi connectivity index (χ0v) is 33.7. The third-order valence-corrected chi connectivity index (χ3v) is 13.3. The van der Waals surface area contributed by atoms with Crippen molar-refractivity contribution in [1.29, 1.82) is 0 Å². The van der Waals surface area contributed by atoms with E-state index in [1.54, 1.807) is 0 Å². The van der Waals surface area contributed by atoms with E-state index < -0.39 is 0 Å². The van der Waals surface area contributed by atoms with Crippen molar-refractivity contribution in [3.8, 4) is 0 Å². The highest BCUT2D eigenvalue weighted by Gasteiger charge is 2.27. The minimum Gasteiger partial charge on any atom is -0.310 e. The molecule has 9 aromatic carbocycles. The lowest BCUT2D eigenvalue weighted by Crippen LogP contribution is -2.17. The summed E-state index contributed by atoms with van der Waals surface area (Å²) in [4.78, 5) is 7.23. The van der Waals surface area contributed by atoms with E-state index in [1.165, 1.54) is 40.3 Å². The van der Waals surface area contributed by atoms with Gasteiger partial charge < -0.3 is 14.7 Å². The fourth-order valence-electron chi connectivity index (χ4n) is 8.39. The monoisotopic (exact) mass is 791 g/mol. The van der Waals surface area contributed by atoms with Gasteiger partial charge in [0.05, 0.1) is 11.4 Å². The molecule has 0 saturated heterocycles. The highest BCUT2D eigenvalue weighted by atomic mass is 32.1. The quantitative estimate of drug-likeness (QED) is 0.144. The van der Waals surface area contributed by atoms with Crippen LogP contribution in [-0.2, 0) is 0 Å². The summed E-state index contributed by atoms with van der Waals surface area (Å²) in [5.74, 6) is 0. The van der Waals surface area contributed by atoms with Crippen molar-refractivity contribution in [2.75, 3.05) is 14.7 Å². The maximum absolute atomic E-state index is 2.48. The molecular formula is C54H37N3S2. The van der Waals surface area contributed by atoms with Crippen LogP contribution < -0.4 is 14.7 Å². The average Bonchev–Trinajstić information content (AvgIpc) is 3.87. The number of nitrogens with zero attached hydrogens (tertiary/aromatic N) is 3. The Morgan fingerprint density at radius 1 is 0.254 bits per heavy atom. The molecule has 0 N–H and O–H groups in total. The zero-order valence-electron chi connectivity index (χ0n) is 32.0. The molecule has 2 heterocycles. The first kappa shape index (κ1) is 35.0. The maximum Gasteiger partial charge on any atom is 0.0796 e. The highest BCUT2D eigenvalue weighted by Crippen LogP contribution is 2.53. The molecule has 0 radical (unpaired) electrons. The molecular weight excluding hydrogens is 755 g/mol. The second-order valence-corrected chi connectivity index (χ2v) is 16.7. The van der Waals surface area contributed by atoms with Crippen LogP contribution in [0, 0.1) is 0 Å². The lowest BCUT2D eigenvalue weighted by Gasteiger charge is -2.34. The van der Waals surface area contributed by atoms with Crippen molar-refractivity contribution in [1.82, 2.24) is 0 Å². The molecule has 0 aliphatic carbocycles. The Morgan fingerprint density at radius 2 is 0.695 bits per heavy atom. The molecule has 0 unspecified atom stereocenters. The predicted octanol–water partition coefficient (Wildman–Crippen LogP) is 16.8. The molecule has 59 heavy (non-hydrogen) atoms. The summed E-state index contributed by atoms with van der Waals surface area (Å²) in [6.45, 7) is 0. The van der Waals surface area contributed by atoms with Gasteiger partial charge in [0.1, 0.15) is 0 Å². The van der Waals surface area contributed by atoms with E-state index in [2.05, 4.69) is 239 Å². The topological polar surface area (TPSA) is 9.72 Å². The van der Waals surface area contributed by atoms with Gasteiger partial charge in [-0.1, -0.05) is 115 Å². The van der Waals surface area contributed by atoms with E-state index in [-0.39, 0.29) is 0 Å². The molecule has 0 aliphatic heterocycles. The second kappa shape index (κ2) is 15.0. The Kier molecular flexibility index (Phi) is 8.88. The van der Waals surface area contributed by atoms with Crippen LogP contribution in [0.2, 0.25) is 0 Å². The van der Waals surface area contributed by atoms with Crippen LogP contribution >= 0.6 is 22.7 Å². The Bertz CT molecular complexity index is 3140. The summed E-state index contributed by atoms with van der Waals surface area (Å²) in [6, 6.07) is 81.0. The van der Waals surface area contributed by atoms with Crippen molar-refractivity contribution < 1.29 is 0 Å². The number of fused-ring (bicyclic) bond motifs is 6. The summed E-state index contributed by atoms with van der Waals surface area (Å²) < 4.78 is 5.03. The van der Waals surface area contributed by atoms with Crippen molar-refractivity contribution in [2.24, 2.45) is 0 Å². The first-order valence-electron chi connectivity index (χ1n) is 19.8. The smallest absolute Gasteiger partial charge is 0.0796 e. The van der Waals surface area contributed by atoms with Gasteiger partial charge in [-0.2, -0.15) is 0 Å². The predicted molar refractivity (Wildman–Crippen MR) is 256 cm³/mol. The van der Waals surface area contributed by atoms with Crippen LogP contribution in [0.5, 0.6) is 0 Å². The second-order valence-electron chi connectivity index (χ2n) is 14.6. The minimum absolute atomic E-state index is 1.10.